The van der Waals surface area contributed by atoms with Crippen LogP contribution in [0, 0.1) is 31.0 Å². The number of H-pyrrole nitrogens is 1. The van der Waals surface area contributed by atoms with Crippen LogP contribution in [0.4, 0.5) is 4.39 Å². The summed E-state index contributed by atoms with van der Waals surface area (Å²) in [7, 11) is 0. The van der Waals surface area contributed by atoms with E-state index in [0.717, 1.165) is 5.56 Å². The number of carbonyl (C=O) groups excluding carboxylic acids is 1. The molecule has 28 heavy (non-hydrogen) atoms. The Morgan fingerprint density at radius 3 is 2.93 bits per heavy atom. The molecule has 0 aliphatic carbocycles. The number of benzene rings is 1. The van der Waals surface area contributed by atoms with Gasteiger partial charge in [-0.25, -0.2) is 4.39 Å². The lowest BCUT2D eigenvalue weighted by Gasteiger charge is -2.20. The van der Waals surface area contributed by atoms with Crippen molar-refractivity contribution in [2.45, 2.75) is 39.9 Å². The van der Waals surface area contributed by atoms with Crippen LogP contribution in [-0.4, -0.2) is 17.7 Å². The number of rotatable bonds is 5. The van der Waals surface area contributed by atoms with E-state index >= 15 is 0 Å². The first kappa shape index (κ1) is 19.6. The van der Waals surface area contributed by atoms with E-state index in [1.54, 1.807) is 13.8 Å². The van der Waals surface area contributed by atoms with Crippen LogP contribution in [0.25, 0.3) is 0 Å². The number of halogens is 1. The lowest BCUT2D eigenvalue weighted by Crippen LogP contribution is -2.17. The number of aromatic amines is 1. The molecule has 0 saturated carbocycles. The number of esters is 1. The molecule has 0 bridgehead atoms. The second-order valence-electron chi connectivity index (χ2n) is 6.49. The maximum Gasteiger partial charge on any atom is 0.306 e. The summed E-state index contributed by atoms with van der Waals surface area (Å²) in [5, 5.41) is 9.11. The van der Waals surface area contributed by atoms with Crippen molar-refractivity contribution in [3.05, 3.63) is 61.8 Å². The molecule has 1 aliphatic rings. The first-order valence-corrected chi connectivity index (χ1v) is 8.70. The SMILES string of the molecule is Cc1[nH]c(=O)c(C#N)c(C)c1CCC(=O)OCc1cc(F)cc2c1OCOC2. The molecule has 0 radical (unpaired) electrons. The molecule has 0 spiro atoms. The van der Waals surface area contributed by atoms with Gasteiger partial charge in [-0.15, -0.1) is 0 Å². The van der Waals surface area contributed by atoms with Crippen LogP contribution in [0.1, 0.15) is 39.9 Å². The number of nitrogens with one attached hydrogen (secondary N) is 1. The van der Waals surface area contributed by atoms with Gasteiger partial charge in [-0.3, -0.25) is 9.59 Å². The highest BCUT2D eigenvalue weighted by molar-refractivity contribution is 5.70. The Labute approximate surface area is 160 Å². The number of carbonyl (C=O) groups is 1. The molecule has 1 N–H and O–H groups in total. The molecule has 0 fully saturated rings. The van der Waals surface area contributed by atoms with Gasteiger partial charge in [0.25, 0.3) is 5.56 Å². The fourth-order valence-corrected chi connectivity index (χ4v) is 3.24. The van der Waals surface area contributed by atoms with Gasteiger partial charge in [0.15, 0.2) is 6.79 Å². The van der Waals surface area contributed by atoms with Crippen molar-refractivity contribution >= 4 is 5.97 Å². The first-order valence-electron chi connectivity index (χ1n) is 8.70. The maximum atomic E-state index is 13.7. The topological polar surface area (TPSA) is 101 Å². The molecule has 146 valence electrons. The molecule has 1 aromatic carbocycles. The number of hydrogen-bond acceptors (Lipinski definition) is 6. The fraction of sp³-hybridized carbons (Fsp3) is 0.350. The van der Waals surface area contributed by atoms with Crippen molar-refractivity contribution < 1.29 is 23.4 Å². The number of fused-ring (bicyclic) bond motifs is 1. The van der Waals surface area contributed by atoms with Gasteiger partial charge >= 0.3 is 5.97 Å². The lowest BCUT2D eigenvalue weighted by molar-refractivity contribution is -0.145. The zero-order valence-corrected chi connectivity index (χ0v) is 15.6. The maximum absolute atomic E-state index is 13.7. The first-order chi connectivity index (χ1) is 13.4. The van der Waals surface area contributed by atoms with E-state index in [1.165, 1.54) is 12.1 Å². The highest BCUT2D eigenvalue weighted by Gasteiger charge is 2.19. The Kier molecular flexibility index (Phi) is 5.76. The van der Waals surface area contributed by atoms with Gasteiger partial charge in [0.2, 0.25) is 0 Å². The number of hydrogen-bond donors (Lipinski definition) is 1. The van der Waals surface area contributed by atoms with Gasteiger partial charge in [0.1, 0.15) is 29.8 Å². The normalized spacial score (nSPS) is 12.6. The largest absolute Gasteiger partial charge is 0.467 e. The van der Waals surface area contributed by atoms with E-state index in [9.17, 15) is 14.0 Å². The lowest BCUT2D eigenvalue weighted by atomic mass is 9.99. The Hall–Kier alpha value is -3.18. The molecule has 2 aromatic rings. The highest BCUT2D eigenvalue weighted by Crippen LogP contribution is 2.30. The number of pyridine rings is 1. The summed E-state index contributed by atoms with van der Waals surface area (Å²) in [4.78, 5) is 26.6. The molecule has 1 aliphatic heterocycles. The van der Waals surface area contributed by atoms with Crippen molar-refractivity contribution in [1.82, 2.24) is 4.98 Å². The molecule has 1 aromatic heterocycles. The molecule has 7 nitrogen and oxygen atoms in total. The third-order valence-corrected chi connectivity index (χ3v) is 4.64. The minimum atomic E-state index is -0.478. The molecular weight excluding hydrogens is 367 g/mol. The number of nitrogens with zero attached hydrogens (tertiary/aromatic N) is 1. The quantitative estimate of drug-likeness (QED) is 0.793. The minimum Gasteiger partial charge on any atom is -0.467 e. The summed E-state index contributed by atoms with van der Waals surface area (Å²) in [6.07, 6.45) is 0.369. The van der Waals surface area contributed by atoms with Crippen molar-refractivity contribution in [3.8, 4) is 11.8 Å². The number of nitriles is 1. The average molecular weight is 386 g/mol. The van der Waals surface area contributed by atoms with Gasteiger partial charge in [0, 0.05) is 23.2 Å². The Bertz CT molecular complexity index is 1020. The average Bonchev–Trinajstić information content (AvgIpc) is 2.65. The molecule has 2 heterocycles. The smallest absolute Gasteiger partial charge is 0.306 e. The monoisotopic (exact) mass is 386 g/mol. The van der Waals surface area contributed by atoms with Crippen LogP contribution in [0.5, 0.6) is 5.75 Å². The second-order valence-corrected chi connectivity index (χ2v) is 6.49. The van der Waals surface area contributed by atoms with Gasteiger partial charge in [-0.05, 0) is 43.5 Å². The summed E-state index contributed by atoms with van der Waals surface area (Å²) in [6.45, 7) is 3.58. The molecule has 3 rings (SSSR count). The van der Waals surface area contributed by atoms with Crippen molar-refractivity contribution in [2.24, 2.45) is 0 Å². The van der Waals surface area contributed by atoms with E-state index in [0.29, 0.717) is 34.6 Å². The molecule has 0 unspecified atom stereocenters. The standard InChI is InChI=1S/C20H19FN2O5/c1-11-16(12(2)23-20(25)17(11)7-22)3-4-18(24)27-9-14-6-15(21)5-13-8-26-10-28-19(13)14/h5-6H,3-4,8-10H2,1-2H3,(H,23,25). The number of aryl methyl sites for hydroxylation is 1. The van der Waals surface area contributed by atoms with Crippen molar-refractivity contribution in [1.29, 1.82) is 5.26 Å². The number of aromatic nitrogens is 1. The van der Waals surface area contributed by atoms with Crippen molar-refractivity contribution in [2.75, 3.05) is 6.79 Å². The Morgan fingerprint density at radius 2 is 2.18 bits per heavy atom. The predicted molar refractivity (Wildman–Crippen MR) is 96.1 cm³/mol. The van der Waals surface area contributed by atoms with E-state index in [-0.39, 0.29) is 32.0 Å². The Morgan fingerprint density at radius 1 is 1.39 bits per heavy atom. The van der Waals surface area contributed by atoms with E-state index < -0.39 is 17.3 Å². The van der Waals surface area contributed by atoms with Crippen LogP contribution in [0.15, 0.2) is 16.9 Å². The van der Waals surface area contributed by atoms with Crippen LogP contribution in [0.3, 0.4) is 0 Å². The Balaban J connectivity index is 1.66. The summed E-state index contributed by atoms with van der Waals surface area (Å²) in [6, 6.07) is 4.48. The summed E-state index contributed by atoms with van der Waals surface area (Å²) >= 11 is 0. The van der Waals surface area contributed by atoms with Gasteiger partial charge < -0.3 is 19.2 Å². The molecule has 0 saturated heterocycles. The van der Waals surface area contributed by atoms with E-state index in [2.05, 4.69) is 4.98 Å². The molecule has 0 atom stereocenters. The minimum absolute atomic E-state index is 0.0414. The summed E-state index contributed by atoms with van der Waals surface area (Å²) < 4.78 is 29.5. The summed E-state index contributed by atoms with van der Waals surface area (Å²) in [5.74, 6) is -0.456. The zero-order valence-electron chi connectivity index (χ0n) is 15.6. The van der Waals surface area contributed by atoms with Crippen LogP contribution in [-0.2, 0) is 33.9 Å². The predicted octanol–water partition coefficient (Wildman–Crippen LogP) is 2.55. The summed E-state index contributed by atoms with van der Waals surface area (Å²) in [5.41, 5.74) is 2.52. The third kappa shape index (κ3) is 4.05. The van der Waals surface area contributed by atoms with Crippen LogP contribution >= 0.6 is 0 Å². The number of ether oxygens (including phenoxy) is 3. The third-order valence-electron chi connectivity index (χ3n) is 4.64. The van der Waals surface area contributed by atoms with Crippen LogP contribution < -0.4 is 10.3 Å². The van der Waals surface area contributed by atoms with Gasteiger partial charge in [-0.1, -0.05) is 0 Å². The van der Waals surface area contributed by atoms with E-state index in [4.69, 9.17) is 19.5 Å². The van der Waals surface area contributed by atoms with Gasteiger partial charge in [-0.2, -0.15) is 5.26 Å². The second kappa shape index (κ2) is 8.23. The molecule has 8 heteroatoms. The van der Waals surface area contributed by atoms with Crippen molar-refractivity contribution in [3.63, 3.8) is 0 Å². The zero-order chi connectivity index (χ0) is 20.3. The van der Waals surface area contributed by atoms with Crippen LogP contribution in [0.2, 0.25) is 0 Å². The fourth-order valence-electron chi connectivity index (χ4n) is 3.24. The highest BCUT2D eigenvalue weighted by atomic mass is 19.1. The molecular formula is C20H19FN2O5. The van der Waals surface area contributed by atoms with Gasteiger partial charge in [0.05, 0.1) is 6.61 Å². The molecule has 0 amide bonds. The van der Waals surface area contributed by atoms with E-state index in [1.807, 2.05) is 6.07 Å².